The Labute approximate surface area is 111 Å². The van der Waals surface area contributed by atoms with Crippen molar-refractivity contribution >= 4 is 9.84 Å². The minimum atomic E-state index is -2.70. The number of hydrogen-bond acceptors (Lipinski definition) is 4. The lowest BCUT2D eigenvalue weighted by Crippen LogP contribution is -2.33. The van der Waals surface area contributed by atoms with Crippen LogP contribution in [0.5, 0.6) is 0 Å². The molecule has 0 amide bonds. The summed E-state index contributed by atoms with van der Waals surface area (Å²) >= 11 is 0. The zero-order valence-electron chi connectivity index (χ0n) is 11.2. The molecule has 0 aromatic rings. The van der Waals surface area contributed by atoms with Crippen LogP contribution in [0.3, 0.4) is 0 Å². The highest BCUT2D eigenvalue weighted by Crippen LogP contribution is 2.17. The van der Waals surface area contributed by atoms with Gasteiger partial charge < -0.3 is 10.2 Å². The van der Waals surface area contributed by atoms with E-state index < -0.39 is 9.84 Å². The molecule has 0 aliphatic carbocycles. The molecule has 0 saturated carbocycles. The lowest BCUT2D eigenvalue weighted by Gasteiger charge is -2.26. The van der Waals surface area contributed by atoms with Gasteiger partial charge in [0, 0.05) is 0 Å². The number of likely N-dealkylation sites (tertiary alicyclic amines) is 1. The molecule has 18 heavy (non-hydrogen) atoms. The highest BCUT2D eigenvalue weighted by molar-refractivity contribution is 7.91. The van der Waals surface area contributed by atoms with Crippen LogP contribution in [-0.4, -0.2) is 57.5 Å². The number of rotatable bonds is 6. The summed E-state index contributed by atoms with van der Waals surface area (Å²) < 4.78 is 22.6. The van der Waals surface area contributed by atoms with Gasteiger partial charge >= 0.3 is 0 Å². The minimum Gasteiger partial charge on any atom is -0.316 e. The van der Waals surface area contributed by atoms with Gasteiger partial charge in [0.25, 0.3) is 0 Å². The van der Waals surface area contributed by atoms with Gasteiger partial charge in [-0.2, -0.15) is 0 Å². The van der Waals surface area contributed by atoms with Gasteiger partial charge in [-0.3, -0.25) is 0 Å². The summed E-state index contributed by atoms with van der Waals surface area (Å²) in [4.78, 5) is 2.55. The van der Waals surface area contributed by atoms with E-state index in [2.05, 4.69) is 10.2 Å². The van der Waals surface area contributed by atoms with E-state index in [9.17, 15) is 8.42 Å². The molecule has 2 rings (SSSR count). The second kappa shape index (κ2) is 6.87. The molecule has 0 aromatic carbocycles. The highest BCUT2D eigenvalue weighted by atomic mass is 32.2. The van der Waals surface area contributed by atoms with Crippen LogP contribution >= 0.6 is 0 Å². The van der Waals surface area contributed by atoms with E-state index in [0.717, 1.165) is 19.5 Å². The fraction of sp³-hybridized carbons (Fsp3) is 1.00. The SMILES string of the molecule is O=S1(=O)CCC(CNCCCN2CCCCC2)C1. The first-order valence-corrected chi connectivity index (χ1v) is 9.11. The molecule has 2 fully saturated rings. The molecule has 2 heterocycles. The van der Waals surface area contributed by atoms with Gasteiger partial charge in [-0.15, -0.1) is 0 Å². The fourth-order valence-corrected chi connectivity index (χ4v) is 4.81. The molecule has 2 saturated heterocycles. The van der Waals surface area contributed by atoms with Crippen LogP contribution in [0.2, 0.25) is 0 Å². The van der Waals surface area contributed by atoms with Crippen LogP contribution in [0.1, 0.15) is 32.1 Å². The maximum absolute atomic E-state index is 11.3. The van der Waals surface area contributed by atoms with E-state index in [0.29, 0.717) is 17.4 Å². The molecule has 2 aliphatic heterocycles. The first-order chi connectivity index (χ1) is 8.66. The van der Waals surface area contributed by atoms with Gasteiger partial charge in [0.15, 0.2) is 9.84 Å². The molecule has 106 valence electrons. The Hall–Kier alpha value is -0.130. The molecule has 2 aliphatic rings. The number of piperidine rings is 1. The van der Waals surface area contributed by atoms with E-state index in [1.807, 2.05) is 0 Å². The fourth-order valence-electron chi connectivity index (χ4n) is 2.95. The molecule has 0 spiro atoms. The summed E-state index contributed by atoms with van der Waals surface area (Å²) in [5.74, 6) is 1.14. The van der Waals surface area contributed by atoms with Gasteiger partial charge in [-0.05, 0) is 64.3 Å². The molecular formula is C13H26N2O2S. The van der Waals surface area contributed by atoms with Crippen LogP contribution in [0, 0.1) is 5.92 Å². The van der Waals surface area contributed by atoms with E-state index in [1.165, 1.54) is 45.3 Å². The Kier molecular flexibility index (Phi) is 5.45. The van der Waals surface area contributed by atoms with Crippen molar-refractivity contribution in [3.63, 3.8) is 0 Å². The van der Waals surface area contributed by atoms with E-state index in [4.69, 9.17) is 0 Å². The normalized spacial score (nSPS) is 28.6. The first-order valence-electron chi connectivity index (χ1n) is 7.29. The van der Waals surface area contributed by atoms with Crippen LogP contribution < -0.4 is 5.32 Å². The second-order valence-electron chi connectivity index (χ2n) is 5.73. The van der Waals surface area contributed by atoms with Gasteiger partial charge in [-0.25, -0.2) is 8.42 Å². The van der Waals surface area contributed by atoms with E-state index in [-0.39, 0.29) is 0 Å². The lowest BCUT2D eigenvalue weighted by atomic mass is 10.1. The Morgan fingerprint density at radius 3 is 2.61 bits per heavy atom. The molecule has 0 aromatic heterocycles. The predicted molar refractivity (Wildman–Crippen MR) is 74.5 cm³/mol. The van der Waals surface area contributed by atoms with Crippen molar-refractivity contribution in [3.05, 3.63) is 0 Å². The van der Waals surface area contributed by atoms with Crippen LogP contribution in [0.15, 0.2) is 0 Å². The van der Waals surface area contributed by atoms with Crippen molar-refractivity contribution < 1.29 is 8.42 Å². The number of nitrogens with zero attached hydrogens (tertiary/aromatic N) is 1. The van der Waals surface area contributed by atoms with Crippen molar-refractivity contribution in [1.29, 1.82) is 0 Å². The van der Waals surface area contributed by atoms with Crippen LogP contribution in [-0.2, 0) is 9.84 Å². The monoisotopic (exact) mass is 274 g/mol. The number of sulfone groups is 1. The zero-order chi connectivity index (χ0) is 12.8. The lowest BCUT2D eigenvalue weighted by molar-refractivity contribution is 0.225. The average Bonchev–Trinajstić information content (AvgIpc) is 2.70. The topological polar surface area (TPSA) is 49.4 Å². The molecule has 5 heteroatoms. The Bertz CT molecular complexity index is 337. The zero-order valence-corrected chi connectivity index (χ0v) is 12.1. The predicted octanol–water partition coefficient (Wildman–Crippen LogP) is 0.887. The summed E-state index contributed by atoms with van der Waals surface area (Å²) in [6, 6.07) is 0. The summed E-state index contributed by atoms with van der Waals surface area (Å²) in [7, 11) is -2.70. The first kappa shape index (κ1) is 14.3. The van der Waals surface area contributed by atoms with Gasteiger partial charge in [0.05, 0.1) is 11.5 Å². The third-order valence-corrected chi connectivity index (χ3v) is 5.87. The summed E-state index contributed by atoms with van der Waals surface area (Å²) in [5, 5.41) is 3.41. The van der Waals surface area contributed by atoms with Gasteiger partial charge in [0.1, 0.15) is 0 Å². The minimum absolute atomic E-state index is 0.352. The smallest absolute Gasteiger partial charge is 0.150 e. The maximum atomic E-state index is 11.3. The summed E-state index contributed by atoms with van der Waals surface area (Å²) in [5.41, 5.74) is 0. The molecule has 1 unspecified atom stereocenters. The maximum Gasteiger partial charge on any atom is 0.150 e. The Morgan fingerprint density at radius 1 is 1.17 bits per heavy atom. The third-order valence-electron chi connectivity index (χ3n) is 4.04. The van der Waals surface area contributed by atoms with Crippen molar-refractivity contribution in [2.24, 2.45) is 5.92 Å². The van der Waals surface area contributed by atoms with Crippen LogP contribution in [0.4, 0.5) is 0 Å². The Balaban J connectivity index is 1.49. The number of hydrogen-bond donors (Lipinski definition) is 1. The van der Waals surface area contributed by atoms with Gasteiger partial charge in [-0.1, -0.05) is 6.42 Å². The average molecular weight is 274 g/mol. The number of nitrogens with one attached hydrogen (secondary N) is 1. The third kappa shape index (κ3) is 4.86. The molecular weight excluding hydrogens is 248 g/mol. The highest BCUT2D eigenvalue weighted by Gasteiger charge is 2.27. The molecule has 4 nitrogen and oxygen atoms in total. The second-order valence-corrected chi connectivity index (χ2v) is 7.96. The molecule has 0 radical (unpaired) electrons. The molecule has 1 N–H and O–H groups in total. The summed E-state index contributed by atoms with van der Waals surface area (Å²) in [6.45, 7) is 5.62. The van der Waals surface area contributed by atoms with Crippen molar-refractivity contribution in [2.45, 2.75) is 32.1 Å². The van der Waals surface area contributed by atoms with Crippen molar-refractivity contribution in [2.75, 3.05) is 44.2 Å². The van der Waals surface area contributed by atoms with Crippen LogP contribution in [0.25, 0.3) is 0 Å². The van der Waals surface area contributed by atoms with E-state index >= 15 is 0 Å². The quantitative estimate of drug-likeness (QED) is 0.731. The van der Waals surface area contributed by atoms with E-state index in [1.54, 1.807) is 0 Å². The van der Waals surface area contributed by atoms with Crippen molar-refractivity contribution in [1.82, 2.24) is 10.2 Å². The standard InChI is InChI=1S/C13H26N2O2S/c16-18(17)10-5-13(12-18)11-14-6-4-9-15-7-2-1-3-8-15/h13-14H,1-12H2. The van der Waals surface area contributed by atoms with Crippen molar-refractivity contribution in [3.8, 4) is 0 Å². The largest absolute Gasteiger partial charge is 0.316 e. The molecule has 1 atom stereocenters. The molecule has 0 bridgehead atoms. The summed E-state index contributed by atoms with van der Waals surface area (Å²) in [6.07, 6.45) is 6.13. The van der Waals surface area contributed by atoms with Gasteiger partial charge in [0.2, 0.25) is 0 Å². The Morgan fingerprint density at radius 2 is 1.94 bits per heavy atom.